The molecule has 1 saturated carbocycles. The van der Waals surface area contributed by atoms with Gasteiger partial charge in [0.15, 0.2) is 0 Å². The number of hydrogen-bond donors (Lipinski definition) is 2. The van der Waals surface area contributed by atoms with E-state index in [0.717, 1.165) is 12.8 Å². The summed E-state index contributed by atoms with van der Waals surface area (Å²) in [6.07, 6.45) is 3.40. The van der Waals surface area contributed by atoms with Crippen LogP contribution in [0, 0.1) is 0 Å². The number of hydrogen-bond acceptors (Lipinski definition) is 3. The summed E-state index contributed by atoms with van der Waals surface area (Å²) in [4.78, 5) is 15.8. The summed E-state index contributed by atoms with van der Waals surface area (Å²) in [6.45, 7) is 0.219. The monoisotopic (exact) mass is 288 g/mol. The molecular weight excluding hydrogens is 275 g/mol. The molecule has 2 N–H and O–H groups in total. The number of nitrogens with zero attached hydrogens (tertiary/aromatic N) is 1. The van der Waals surface area contributed by atoms with E-state index >= 15 is 0 Å². The second kappa shape index (κ2) is 5.43. The van der Waals surface area contributed by atoms with Gasteiger partial charge in [-0.2, -0.15) is 0 Å². The Morgan fingerprint density at radius 3 is 2.72 bits per heavy atom. The first kappa shape index (κ1) is 13.6. The third-order valence-corrected chi connectivity index (χ3v) is 3.65. The molecule has 0 unspecified atom stereocenters. The van der Waals surface area contributed by atoms with Crippen LogP contribution < -0.4 is 5.32 Å². The van der Waals surface area contributed by atoms with Crippen molar-refractivity contribution in [3.8, 4) is 0 Å². The number of nitrogens with one attached hydrogen (secondary N) is 1. The predicted molar refractivity (Wildman–Crippen MR) is 70.0 cm³/mol. The van der Waals surface area contributed by atoms with Crippen molar-refractivity contribution in [2.45, 2.75) is 31.3 Å². The van der Waals surface area contributed by atoms with Crippen LogP contribution in [0.4, 0.5) is 0 Å². The van der Waals surface area contributed by atoms with Gasteiger partial charge in [0.25, 0.3) is 5.91 Å². The third kappa shape index (κ3) is 3.13. The molecule has 1 aromatic heterocycles. The smallest absolute Gasteiger partial charge is 0.271 e. The fourth-order valence-corrected chi connectivity index (χ4v) is 2.45. The van der Waals surface area contributed by atoms with E-state index in [9.17, 15) is 9.90 Å². The highest BCUT2D eigenvalue weighted by molar-refractivity contribution is 6.34. The first-order chi connectivity index (χ1) is 8.50. The Kier molecular flexibility index (Phi) is 4.10. The van der Waals surface area contributed by atoms with Gasteiger partial charge in [-0.25, -0.2) is 4.98 Å². The van der Waals surface area contributed by atoms with Crippen LogP contribution in [0.15, 0.2) is 12.1 Å². The lowest BCUT2D eigenvalue weighted by Gasteiger charge is -2.22. The van der Waals surface area contributed by atoms with Crippen molar-refractivity contribution in [2.75, 3.05) is 6.54 Å². The minimum Gasteiger partial charge on any atom is -0.388 e. The van der Waals surface area contributed by atoms with Gasteiger partial charge in [-0.1, -0.05) is 36.0 Å². The molecular formula is C12H14Cl2N2O2. The molecule has 1 aliphatic rings. The van der Waals surface area contributed by atoms with Crippen LogP contribution >= 0.6 is 23.2 Å². The number of aliphatic hydroxyl groups is 1. The van der Waals surface area contributed by atoms with E-state index in [2.05, 4.69) is 10.3 Å². The second-order valence-electron chi connectivity index (χ2n) is 4.58. The van der Waals surface area contributed by atoms with E-state index in [1.165, 1.54) is 12.1 Å². The first-order valence-corrected chi connectivity index (χ1v) is 6.58. The molecule has 0 atom stereocenters. The molecule has 2 rings (SSSR count). The number of carbonyl (C=O) groups excluding carboxylic acids is 1. The molecule has 1 fully saturated rings. The number of aromatic nitrogens is 1. The van der Waals surface area contributed by atoms with E-state index in [1.54, 1.807) is 0 Å². The van der Waals surface area contributed by atoms with Crippen LogP contribution in [0.3, 0.4) is 0 Å². The Morgan fingerprint density at radius 2 is 2.06 bits per heavy atom. The van der Waals surface area contributed by atoms with Gasteiger partial charge >= 0.3 is 0 Å². The zero-order valence-corrected chi connectivity index (χ0v) is 11.3. The zero-order chi connectivity index (χ0) is 13.2. The molecule has 1 aromatic rings. The Balaban J connectivity index is 2.01. The lowest BCUT2D eigenvalue weighted by Crippen LogP contribution is -2.41. The number of carbonyl (C=O) groups is 1. The van der Waals surface area contributed by atoms with Gasteiger partial charge in [0.2, 0.25) is 0 Å². The molecule has 6 heteroatoms. The Hall–Kier alpha value is -0.840. The van der Waals surface area contributed by atoms with Gasteiger partial charge < -0.3 is 10.4 Å². The van der Waals surface area contributed by atoms with Crippen molar-refractivity contribution in [2.24, 2.45) is 0 Å². The highest BCUT2D eigenvalue weighted by Gasteiger charge is 2.31. The Morgan fingerprint density at radius 1 is 1.39 bits per heavy atom. The summed E-state index contributed by atoms with van der Waals surface area (Å²) >= 11 is 11.6. The van der Waals surface area contributed by atoms with Crippen molar-refractivity contribution < 1.29 is 9.90 Å². The van der Waals surface area contributed by atoms with E-state index in [-0.39, 0.29) is 22.4 Å². The molecule has 98 valence electrons. The third-order valence-electron chi connectivity index (χ3n) is 3.14. The van der Waals surface area contributed by atoms with Gasteiger partial charge in [-0.3, -0.25) is 4.79 Å². The van der Waals surface area contributed by atoms with Crippen molar-refractivity contribution in [3.63, 3.8) is 0 Å². The maximum absolute atomic E-state index is 11.9. The molecule has 0 aromatic carbocycles. The maximum atomic E-state index is 11.9. The van der Waals surface area contributed by atoms with Crippen LogP contribution in [0.5, 0.6) is 0 Å². The summed E-state index contributed by atoms with van der Waals surface area (Å²) in [5, 5.41) is 13.2. The molecule has 0 aliphatic heterocycles. The summed E-state index contributed by atoms with van der Waals surface area (Å²) in [7, 11) is 0. The van der Waals surface area contributed by atoms with Crippen LogP contribution in [0.1, 0.15) is 36.2 Å². The van der Waals surface area contributed by atoms with E-state index < -0.39 is 11.5 Å². The van der Waals surface area contributed by atoms with Crippen molar-refractivity contribution in [3.05, 3.63) is 28.0 Å². The van der Waals surface area contributed by atoms with Gasteiger partial charge in [-0.05, 0) is 25.0 Å². The molecule has 18 heavy (non-hydrogen) atoms. The molecule has 0 saturated heterocycles. The highest BCUT2D eigenvalue weighted by atomic mass is 35.5. The van der Waals surface area contributed by atoms with Gasteiger partial charge in [0.05, 0.1) is 10.6 Å². The zero-order valence-electron chi connectivity index (χ0n) is 9.75. The Bertz CT molecular complexity index is 459. The summed E-state index contributed by atoms with van der Waals surface area (Å²) in [5.74, 6) is -0.414. The van der Waals surface area contributed by atoms with Crippen LogP contribution in [0.25, 0.3) is 0 Å². The van der Waals surface area contributed by atoms with Crippen LogP contribution in [-0.4, -0.2) is 28.1 Å². The average Bonchev–Trinajstić information content (AvgIpc) is 2.77. The molecule has 0 spiro atoms. The fourth-order valence-electron chi connectivity index (χ4n) is 2.12. The SMILES string of the molecule is O=C(NCC1(O)CCCC1)c1nc(Cl)ccc1Cl. The second-order valence-corrected chi connectivity index (χ2v) is 5.37. The summed E-state index contributed by atoms with van der Waals surface area (Å²) in [6, 6.07) is 3.04. The number of amides is 1. The average molecular weight is 289 g/mol. The normalized spacial score (nSPS) is 17.7. The molecule has 1 heterocycles. The van der Waals surface area contributed by atoms with E-state index in [1.807, 2.05) is 0 Å². The minimum absolute atomic E-state index is 0.0887. The number of pyridine rings is 1. The van der Waals surface area contributed by atoms with E-state index in [0.29, 0.717) is 12.8 Å². The minimum atomic E-state index is -0.791. The molecule has 0 bridgehead atoms. The van der Waals surface area contributed by atoms with Gasteiger partial charge in [-0.15, -0.1) is 0 Å². The quantitative estimate of drug-likeness (QED) is 0.840. The maximum Gasteiger partial charge on any atom is 0.271 e. The standard InChI is InChI=1S/C12H14Cl2N2O2/c13-8-3-4-9(14)16-10(8)11(17)15-7-12(18)5-1-2-6-12/h3-4,18H,1-2,5-7H2,(H,15,17). The van der Waals surface area contributed by atoms with Gasteiger partial charge in [0.1, 0.15) is 10.8 Å². The van der Waals surface area contributed by atoms with E-state index in [4.69, 9.17) is 23.2 Å². The van der Waals surface area contributed by atoms with Crippen LogP contribution in [-0.2, 0) is 0 Å². The topological polar surface area (TPSA) is 62.2 Å². The molecule has 1 aliphatic carbocycles. The summed E-state index contributed by atoms with van der Waals surface area (Å²) < 4.78 is 0. The van der Waals surface area contributed by atoms with Crippen molar-refractivity contribution >= 4 is 29.1 Å². The Labute approximate surface area is 115 Å². The highest BCUT2D eigenvalue weighted by Crippen LogP contribution is 2.28. The van der Waals surface area contributed by atoms with Crippen molar-refractivity contribution in [1.82, 2.24) is 10.3 Å². The lowest BCUT2D eigenvalue weighted by atomic mass is 10.0. The summed E-state index contributed by atoms with van der Waals surface area (Å²) in [5.41, 5.74) is -0.702. The largest absolute Gasteiger partial charge is 0.388 e. The number of rotatable bonds is 3. The predicted octanol–water partition coefficient (Wildman–Crippen LogP) is 2.42. The molecule has 4 nitrogen and oxygen atoms in total. The molecule has 1 amide bonds. The van der Waals surface area contributed by atoms with Crippen LogP contribution in [0.2, 0.25) is 10.2 Å². The first-order valence-electron chi connectivity index (χ1n) is 5.83. The molecule has 0 radical (unpaired) electrons. The fraction of sp³-hybridized carbons (Fsp3) is 0.500. The number of halogens is 2. The van der Waals surface area contributed by atoms with Gasteiger partial charge in [0, 0.05) is 6.54 Å². The lowest BCUT2D eigenvalue weighted by molar-refractivity contribution is 0.0448. The van der Waals surface area contributed by atoms with Crippen molar-refractivity contribution in [1.29, 1.82) is 0 Å².